The highest BCUT2D eigenvalue weighted by molar-refractivity contribution is 5.31. The topological polar surface area (TPSA) is 20.2 Å². The van der Waals surface area contributed by atoms with Gasteiger partial charge < -0.3 is 5.11 Å². The van der Waals surface area contributed by atoms with Crippen molar-refractivity contribution in [1.82, 2.24) is 0 Å². The second-order valence-electron chi connectivity index (χ2n) is 3.71. The summed E-state index contributed by atoms with van der Waals surface area (Å²) in [6.07, 6.45) is 0.475. The molecule has 1 atom stereocenters. The maximum absolute atomic E-state index is 9.76. The van der Waals surface area contributed by atoms with E-state index in [2.05, 4.69) is 19.9 Å². The number of hydrogen-bond acceptors (Lipinski definition) is 1. The van der Waals surface area contributed by atoms with Crippen molar-refractivity contribution in [2.75, 3.05) is 0 Å². The summed E-state index contributed by atoms with van der Waals surface area (Å²) in [6, 6.07) is 8.13. The van der Waals surface area contributed by atoms with Crippen LogP contribution in [-0.2, 0) is 0 Å². The number of benzene rings is 1. The molecule has 0 heterocycles. The quantitative estimate of drug-likeness (QED) is 0.753. The van der Waals surface area contributed by atoms with Crippen molar-refractivity contribution in [3.8, 4) is 0 Å². The predicted molar refractivity (Wildman–Crippen MR) is 55.8 cm³/mol. The minimum Gasteiger partial charge on any atom is -0.388 e. The van der Waals surface area contributed by atoms with Gasteiger partial charge in [-0.25, -0.2) is 0 Å². The molecule has 0 amide bonds. The summed E-state index contributed by atoms with van der Waals surface area (Å²) in [4.78, 5) is 0. The first kappa shape index (κ1) is 10.3. The van der Waals surface area contributed by atoms with Gasteiger partial charge in [0.05, 0.1) is 6.10 Å². The Morgan fingerprint density at radius 2 is 1.69 bits per heavy atom. The average Bonchev–Trinajstić information content (AvgIpc) is 2.16. The van der Waals surface area contributed by atoms with E-state index in [4.69, 9.17) is 0 Å². The van der Waals surface area contributed by atoms with Gasteiger partial charge in [0.25, 0.3) is 0 Å². The molecule has 0 fully saturated rings. The average molecular weight is 178 g/mol. The van der Waals surface area contributed by atoms with E-state index in [0.717, 1.165) is 12.0 Å². The molecule has 0 bridgehead atoms. The van der Waals surface area contributed by atoms with E-state index in [1.165, 1.54) is 5.56 Å². The van der Waals surface area contributed by atoms with Crippen LogP contribution in [0.2, 0.25) is 0 Å². The molecule has 1 aromatic rings. The molecule has 0 aliphatic rings. The maximum atomic E-state index is 9.76. The third-order valence-corrected chi connectivity index (χ3v) is 2.36. The van der Waals surface area contributed by atoms with Crippen molar-refractivity contribution in [2.45, 2.75) is 39.2 Å². The van der Waals surface area contributed by atoms with Gasteiger partial charge in [0.2, 0.25) is 0 Å². The van der Waals surface area contributed by atoms with Crippen LogP contribution in [0, 0.1) is 0 Å². The third kappa shape index (κ3) is 2.31. The molecule has 0 saturated heterocycles. The zero-order valence-corrected chi connectivity index (χ0v) is 8.62. The van der Waals surface area contributed by atoms with Gasteiger partial charge in [0.1, 0.15) is 0 Å². The van der Waals surface area contributed by atoms with Crippen LogP contribution in [0.25, 0.3) is 0 Å². The summed E-state index contributed by atoms with van der Waals surface area (Å²) in [6.45, 7) is 6.31. The smallest absolute Gasteiger partial charge is 0.0790 e. The number of rotatable bonds is 3. The summed E-state index contributed by atoms with van der Waals surface area (Å²) in [5.41, 5.74) is 2.34. The van der Waals surface area contributed by atoms with Crippen molar-refractivity contribution in [3.05, 3.63) is 35.4 Å². The molecule has 0 aliphatic heterocycles. The Kier molecular flexibility index (Phi) is 3.49. The first-order chi connectivity index (χ1) is 6.16. The number of aliphatic hydroxyl groups is 1. The van der Waals surface area contributed by atoms with Crippen LogP contribution in [-0.4, -0.2) is 5.11 Å². The minimum atomic E-state index is -0.307. The highest BCUT2D eigenvalue weighted by Gasteiger charge is 2.11. The van der Waals surface area contributed by atoms with Crippen LogP contribution in [0.15, 0.2) is 24.3 Å². The highest BCUT2D eigenvalue weighted by Crippen LogP contribution is 2.26. The molecule has 72 valence electrons. The summed E-state index contributed by atoms with van der Waals surface area (Å²) < 4.78 is 0. The molecule has 1 rings (SSSR count). The van der Waals surface area contributed by atoms with Crippen LogP contribution >= 0.6 is 0 Å². The fourth-order valence-corrected chi connectivity index (χ4v) is 1.56. The lowest BCUT2D eigenvalue weighted by Gasteiger charge is -2.16. The molecule has 0 aromatic heterocycles. The van der Waals surface area contributed by atoms with Crippen molar-refractivity contribution in [3.63, 3.8) is 0 Å². The maximum Gasteiger partial charge on any atom is 0.0790 e. The van der Waals surface area contributed by atoms with Gasteiger partial charge in [0.15, 0.2) is 0 Å². The van der Waals surface area contributed by atoms with E-state index in [9.17, 15) is 5.11 Å². The Bertz CT molecular complexity index is 266. The Hall–Kier alpha value is -0.820. The third-order valence-electron chi connectivity index (χ3n) is 2.36. The normalized spacial score (nSPS) is 13.3. The SMILES string of the molecule is CC[C@@H](O)c1ccccc1C(C)C. The molecule has 13 heavy (non-hydrogen) atoms. The van der Waals surface area contributed by atoms with Gasteiger partial charge >= 0.3 is 0 Å². The molecule has 0 unspecified atom stereocenters. The van der Waals surface area contributed by atoms with Gasteiger partial charge in [0, 0.05) is 0 Å². The second-order valence-corrected chi connectivity index (χ2v) is 3.71. The highest BCUT2D eigenvalue weighted by atomic mass is 16.3. The number of hydrogen-bond donors (Lipinski definition) is 1. The van der Waals surface area contributed by atoms with Crippen molar-refractivity contribution < 1.29 is 5.11 Å². The molecular weight excluding hydrogens is 160 g/mol. The molecule has 0 radical (unpaired) electrons. The molecule has 0 saturated carbocycles. The largest absolute Gasteiger partial charge is 0.388 e. The molecule has 0 spiro atoms. The minimum absolute atomic E-state index is 0.307. The zero-order valence-electron chi connectivity index (χ0n) is 8.62. The van der Waals surface area contributed by atoms with Crippen molar-refractivity contribution in [2.24, 2.45) is 0 Å². The Labute approximate surface area is 80.4 Å². The Morgan fingerprint density at radius 1 is 1.15 bits per heavy atom. The van der Waals surface area contributed by atoms with Gasteiger partial charge in [-0.3, -0.25) is 0 Å². The lowest BCUT2D eigenvalue weighted by Crippen LogP contribution is -2.01. The van der Waals surface area contributed by atoms with E-state index < -0.39 is 0 Å². The van der Waals surface area contributed by atoms with Crippen LogP contribution < -0.4 is 0 Å². The van der Waals surface area contributed by atoms with Crippen LogP contribution in [0.1, 0.15) is 50.3 Å². The first-order valence-corrected chi connectivity index (χ1v) is 4.93. The van der Waals surface area contributed by atoms with Crippen LogP contribution in [0.5, 0.6) is 0 Å². The first-order valence-electron chi connectivity index (χ1n) is 4.93. The standard InChI is InChI=1S/C12H18O/c1-4-12(13)11-8-6-5-7-10(11)9(2)3/h5-9,12-13H,4H2,1-3H3/t12-/m1/s1. The zero-order chi connectivity index (χ0) is 9.84. The van der Waals surface area contributed by atoms with Gasteiger partial charge in [-0.1, -0.05) is 45.0 Å². The molecule has 0 aliphatic carbocycles. The fraction of sp³-hybridized carbons (Fsp3) is 0.500. The van der Waals surface area contributed by atoms with E-state index in [1.54, 1.807) is 0 Å². The molecule has 1 N–H and O–H groups in total. The second kappa shape index (κ2) is 4.43. The van der Waals surface area contributed by atoms with Gasteiger partial charge in [-0.05, 0) is 23.5 Å². The Morgan fingerprint density at radius 3 is 2.15 bits per heavy atom. The summed E-state index contributed by atoms with van der Waals surface area (Å²) in [7, 11) is 0. The summed E-state index contributed by atoms with van der Waals surface area (Å²) >= 11 is 0. The predicted octanol–water partition coefficient (Wildman–Crippen LogP) is 3.25. The monoisotopic (exact) mass is 178 g/mol. The van der Waals surface area contributed by atoms with Crippen molar-refractivity contribution >= 4 is 0 Å². The molecule has 1 heteroatoms. The lowest BCUT2D eigenvalue weighted by atomic mass is 9.93. The van der Waals surface area contributed by atoms with E-state index >= 15 is 0 Å². The van der Waals surface area contributed by atoms with Gasteiger partial charge in [-0.2, -0.15) is 0 Å². The number of aliphatic hydroxyl groups excluding tert-OH is 1. The molecular formula is C12H18O. The van der Waals surface area contributed by atoms with Crippen LogP contribution in [0.3, 0.4) is 0 Å². The lowest BCUT2D eigenvalue weighted by molar-refractivity contribution is 0.172. The van der Waals surface area contributed by atoms with Gasteiger partial charge in [-0.15, -0.1) is 0 Å². The molecule has 1 aromatic carbocycles. The molecule has 1 nitrogen and oxygen atoms in total. The fourth-order valence-electron chi connectivity index (χ4n) is 1.56. The van der Waals surface area contributed by atoms with E-state index in [-0.39, 0.29) is 6.10 Å². The van der Waals surface area contributed by atoms with E-state index in [1.807, 2.05) is 25.1 Å². The van der Waals surface area contributed by atoms with Crippen LogP contribution in [0.4, 0.5) is 0 Å². The van der Waals surface area contributed by atoms with E-state index in [0.29, 0.717) is 5.92 Å². The summed E-state index contributed by atoms with van der Waals surface area (Å²) in [5.74, 6) is 0.484. The van der Waals surface area contributed by atoms with Crippen molar-refractivity contribution in [1.29, 1.82) is 0 Å². The summed E-state index contributed by atoms with van der Waals surface area (Å²) in [5, 5.41) is 9.76. The Balaban J connectivity index is 3.04.